The maximum atomic E-state index is 14.9. The van der Waals surface area contributed by atoms with Crippen molar-refractivity contribution in [2.24, 2.45) is 7.05 Å². The molecule has 0 aliphatic carbocycles. The standard InChI is InChI=1S/C27H32FN9/c1-27(2,3)24-20-9-17(11-31-25(20)35-36(24)4)23-21(28)14-32-26(34-23)33-22-8-5-16(10-30-22)15-37-18-6-7-19(37)13-29-12-18/h5,8-11,14,18-19,29H,6-7,12-13,15H2,1-4H3,(H,30,32,33,34). The SMILES string of the molecule is Cn1nc2ncc(-c3nc(Nc4ccc(CN5C6CCC5CNC6)cn4)ncc3F)cc2c1C(C)(C)C. The van der Waals surface area contributed by atoms with E-state index in [0.29, 0.717) is 29.1 Å². The van der Waals surface area contributed by atoms with E-state index in [2.05, 4.69) is 67.4 Å². The van der Waals surface area contributed by atoms with Crippen LogP contribution in [0.1, 0.15) is 44.9 Å². The fourth-order valence-corrected chi connectivity index (χ4v) is 5.77. The first kappa shape index (κ1) is 23.9. The van der Waals surface area contributed by atoms with Crippen LogP contribution in [-0.4, -0.2) is 59.8 Å². The van der Waals surface area contributed by atoms with Crippen molar-refractivity contribution in [2.45, 2.75) is 57.7 Å². The number of hydrogen-bond acceptors (Lipinski definition) is 8. The molecule has 2 aliphatic heterocycles. The quantitative estimate of drug-likeness (QED) is 0.425. The van der Waals surface area contributed by atoms with Crippen molar-refractivity contribution < 1.29 is 4.39 Å². The summed E-state index contributed by atoms with van der Waals surface area (Å²) in [5.41, 5.74) is 3.44. The van der Waals surface area contributed by atoms with Crippen LogP contribution in [0, 0.1) is 5.82 Å². The Kier molecular flexibility index (Phi) is 5.88. The van der Waals surface area contributed by atoms with E-state index >= 15 is 0 Å². The normalized spacial score (nSPS) is 20.0. The van der Waals surface area contributed by atoms with Crippen LogP contribution in [0.4, 0.5) is 16.2 Å². The van der Waals surface area contributed by atoms with E-state index in [1.54, 1.807) is 6.20 Å². The van der Waals surface area contributed by atoms with Gasteiger partial charge in [0, 0.05) is 67.5 Å². The summed E-state index contributed by atoms with van der Waals surface area (Å²) >= 11 is 0. The van der Waals surface area contributed by atoms with Crippen LogP contribution in [0.3, 0.4) is 0 Å². The number of fused-ring (bicyclic) bond motifs is 3. The van der Waals surface area contributed by atoms with Gasteiger partial charge < -0.3 is 10.6 Å². The highest BCUT2D eigenvalue weighted by molar-refractivity contribution is 5.83. The second-order valence-electron chi connectivity index (χ2n) is 11.1. The first-order chi connectivity index (χ1) is 17.8. The van der Waals surface area contributed by atoms with Gasteiger partial charge in [0.2, 0.25) is 5.95 Å². The van der Waals surface area contributed by atoms with Gasteiger partial charge in [-0.3, -0.25) is 9.58 Å². The van der Waals surface area contributed by atoms with Crippen molar-refractivity contribution in [3.8, 4) is 11.3 Å². The molecule has 37 heavy (non-hydrogen) atoms. The van der Waals surface area contributed by atoms with Crippen molar-refractivity contribution in [1.82, 2.24) is 39.9 Å². The van der Waals surface area contributed by atoms with Crippen molar-refractivity contribution in [2.75, 3.05) is 18.4 Å². The minimum absolute atomic E-state index is 0.150. The number of nitrogens with one attached hydrogen (secondary N) is 2. The summed E-state index contributed by atoms with van der Waals surface area (Å²) < 4.78 is 16.7. The van der Waals surface area contributed by atoms with Crippen LogP contribution in [0.5, 0.6) is 0 Å². The zero-order valence-electron chi connectivity index (χ0n) is 21.7. The van der Waals surface area contributed by atoms with Crippen molar-refractivity contribution in [1.29, 1.82) is 0 Å². The lowest BCUT2D eigenvalue weighted by atomic mass is 9.89. The maximum absolute atomic E-state index is 14.9. The number of pyridine rings is 2. The van der Waals surface area contributed by atoms with Crippen LogP contribution >= 0.6 is 0 Å². The predicted molar refractivity (Wildman–Crippen MR) is 141 cm³/mol. The molecule has 2 atom stereocenters. The fraction of sp³-hybridized carbons (Fsp3) is 0.444. The molecule has 4 aromatic heterocycles. The number of hydrogen-bond donors (Lipinski definition) is 2. The highest BCUT2D eigenvalue weighted by Gasteiger charge is 2.36. The Labute approximate surface area is 215 Å². The molecule has 0 amide bonds. The molecule has 0 saturated carbocycles. The third-order valence-corrected chi connectivity index (χ3v) is 7.38. The molecule has 0 spiro atoms. The van der Waals surface area contributed by atoms with Gasteiger partial charge in [-0.05, 0) is 30.5 Å². The smallest absolute Gasteiger partial charge is 0.229 e. The molecule has 2 bridgehead atoms. The average molecular weight is 502 g/mol. The summed E-state index contributed by atoms with van der Waals surface area (Å²) in [5.74, 6) is 0.376. The Morgan fingerprint density at radius 2 is 1.84 bits per heavy atom. The van der Waals surface area contributed by atoms with Gasteiger partial charge in [0.1, 0.15) is 11.5 Å². The van der Waals surface area contributed by atoms with E-state index in [9.17, 15) is 4.39 Å². The number of aromatic nitrogens is 6. The molecule has 2 aliphatic rings. The molecule has 9 nitrogen and oxygen atoms in total. The molecule has 2 saturated heterocycles. The van der Waals surface area contributed by atoms with E-state index in [-0.39, 0.29) is 17.1 Å². The highest BCUT2D eigenvalue weighted by atomic mass is 19.1. The number of aryl methyl sites for hydroxylation is 1. The van der Waals surface area contributed by atoms with Crippen molar-refractivity contribution in [3.63, 3.8) is 0 Å². The maximum Gasteiger partial charge on any atom is 0.229 e. The Morgan fingerprint density at radius 1 is 1.05 bits per heavy atom. The molecule has 2 N–H and O–H groups in total. The Bertz CT molecular complexity index is 1430. The summed E-state index contributed by atoms with van der Waals surface area (Å²) in [7, 11) is 1.90. The molecular formula is C27H32FN9. The topological polar surface area (TPSA) is 96.7 Å². The molecular weight excluding hydrogens is 469 g/mol. The molecule has 192 valence electrons. The van der Waals surface area contributed by atoms with Crippen molar-refractivity contribution >= 4 is 22.8 Å². The monoisotopic (exact) mass is 501 g/mol. The van der Waals surface area contributed by atoms with E-state index in [0.717, 1.165) is 30.7 Å². The van der Waals surface area contributed by atoms with Crippen LogP contribution in [-0.2, 0) is 19.0 Å². The Balaban J connectivity index is 1.23. The Hall–Kier alpha value is -3.50. The largest absolute Gasteiger partial charge is 0.314 e. The number of halogens is 1. The van der Waals surface area contributed by atoms with Gasteiger partial charge in [0.15, 0.2) is 11.5 Å². The van der Waals surface area contributed by atoms with Gasteiger partial charge in [-0.2, -0.15) is 5.10 Å². The number of nitrogens with zero attached hydrogens (tertiary/aromatic N) is 7. The molecule has 0 aromatic carbocycles. The lowest BCUT2D eigenvalue weighted by molar-refractivity contribution is 0.145. The molecule has 2 unspecified atom stereocenters. The second kappa shape index (κ2) is 9.11. The van der Waals surface area contributed by atoms with E-state index < -0.39 is 5.82 Å². The first-order valence-corrected chi connectivity index (χ1v) is 12.8. The summed E-state index contributed by atoms with van der Waals surface area (Å²) in [6, 6.07) is 7.13. The van der Waals surface area contributed by atoms with Crippen molar-refractivity contribution in [3.05, 3.63) is 53.9 Å². The number of rotatable bonds is 5. The fourth-order valence-electron chi connectivity index (χ4n) is 5.77. The molecule has 6 heterocycles. The Morgan fingerprint density at radius 3 is 2.54 bits per heavy atom. The highest BCUT2D eigenvalue weighted by Crippen LogP contribution is 2.32. The van der Waals surface area contributed by atoms with Gasteiger partial charge in [0.25, 0.3) is 0 Å². The minimum atomic E-state index is -0.512. The van der Waals surface area contributed by atoms with Gasteiger partial charge in [-0.15, -0.1) is 0 Å². The summed E-state index contributed by atoms with van der Waals surface area (Å²) in [5, 5.41) is 12.0. The lowest BCUT2D eigenvalue weighted by Gasteiger charge is -2.35. The number of piperazine rings is 1. The summed E-state index contributed by atoms with van der Waals surface area (Å²) in [6.07, 6.45) is 7.19. The average Bonchev–Trinajstić information content (AvgIpc) is 3.30. The summed E-state index contributed by atoms with van der Waals surface area (Å²) in [4.78, 5) is 20.2. The zero-order chi connectivity index (χ0) is 25.7. The van der Waals surface area contributed by atoms with Gasteiger partial charge in [-0.1, -0.05) is 26.8 Å². The van der Waals surface area contributed by atoms with Gasteiger partial charge >= 0.3 is 0 Å². The summed E-state index contributed by atoms with van der Waals surface area (Å²) in [6.45, 7) is 9.39. The second-order valence-corrected chi connectivity index (χ2v) is 11.1. The zero-order valence-corrected chi connectivity index (χ0v) is 21.7. The molecule has 4 aromatic rings. The molecule has 10 heteroatoms. The third-order valence-electron chi connectivity index (χ3n) is 7.38. The van der Waals surface area contributed by atoms with Crippen LogP contribution < -0.4 is 10.6 Å². The predicted octanol–water partition coefficient (Wildman–Crippen LogP) is 3.94. The van der Waals surface area contributed by atoms with Crippen LogP contribution in [0.2, 0.25) is 0 Å². The first-order valence-electron chi connectivity index (χ1n) is 12.8. The molecule has 2 fully saturated rings. The third kappa shape index (κ3) is 4.55. The van der Waals surface area contributed by atoms with E-state index in [1.165, 1.54) is 24.6 Å². The van der Waals surface area contributed by atoms with Crippen LogP contribution in [0.15, 0.2) is 36.8 Å². The van der Waals surface area contributed by atoms with E-state index in [1.807, 2.05) is 30.1 Å². The molecule has 0 radical (unpaired) electrons. The minimum Gasteiger partial charge on any atom is -0.314 e. The number of anilines is 2. The van der Waals surface area contributed by atoms with E-state index in [4.69, 9.17) is 0 Å². The van der Waals surface area contributed by atoms with Gasteiger partial charge in [0.05, 0.1) is 11.9 Å². The molecule has 6 rings (SSSR count). The van der Waals surface area contributed by atoms with Gasteiger partial charge in [-0.25, -0.2) is 24.3 Å². The lowest BCUT2D eigenvalue weighted by Crippen LogP contribution is -2.51. The van der Waals surface area contributed by atoms with Crippen LogP contribution in [0.25, 0.3) is 22.3 Å².